The van der Waals surface area contributed by atoms with Gasteiger partial charge in [0.2, 0.25) is 0 Å². The maximum absolute atomic E-state index is 13.9. The number of carbonyl (C=O) groups is 1. The Bertz CT molecular complexity index is 574. The number of benzene rings is 1. The second-order valence-corrected chi connectivity index (χ2v) is 5.64. The minimum Gasteiger partial charge on any atom is -0.349 e. The Hall–Kier alpha value is -1.86. The molecule has 1 aliphatic carbocycles. The molecule has 0 saturated heterocycles. The lowest BCUT2D eigenvalue weighted by molar-refractivity contribution is 0.0921. The van der Waals surface area contributed by atoms with E-state index >= 15 is 0 Å². The molecule has 1 aromatic rings. The van der Waals surface area contributed by atoms with Crippen LogP contribution in [0.5, 0.6) is 0 Å². The van der Waals surface area contributed by atoms with Gasteiger partial charge in [0.05, 0.1) is 12.1 Å². The highest BCUT2D eigenvalue weighted by Gasteiger charge is 2.21. The zero-order valence-electron chi connectivity index (χ0n) is 12.3. The SMILES string of the molecule is CC1CCCC(NC(=O)c2ccc(C#CCN)c(F)c2)C1. The summed E-state index contributed by atoms with van der Waals surface area (Å²) in [6, 6.07) is 4.56. The summed E-state index contributed by atoms with van der Waals surface area (Å²) in [5.41, 5.74) is 5.86. The lowest BCUT2D eigenvalue weighted by atomic mass is 9.87. The number of carbonyl (C=O) groups excluding carboxylic acids is 1. The van der Waals surface area contributed by atoms with Crippen LogP contribution < -0.4 is 11.1 Å². The largest absolute Gasteiger partial charge is 0.349 e. The maximum atomic E-state index is 13.9. The first-order chi connectivity index (χ1) is 10.1. The van der Waals surface area contributed by atoms with Crippen LogP contribution >= 0.6 is 0 Å². The molecule has 2 unspecified atom stereocenters. The van der Waals surface area contributed by atoms with Gasteiger partial charge in [-0.25, -0.2) is 4.39 Å². The highest BCUT2D eigenvalue weighted by molar-refractivity contribution is 5.94. The third-order valence-electron chi connectivity index (χ3n) is 3.83. The van der Waals surface area contributed by atoms with Gasteiger partial charge >= 0.3 is 0 Å². The van der Waals surface area contributed by atoms with E-state index < -0.39 is 5.82 Å². The number of hydrogen-bond donors (Lipinski definition) is 2. The van der Waals surface area contributed by atoms with Gasteiger partial charge in [0, 0.05) is 11.6 Å². The summed E-state index contributed by atoms with van der Waals surface area (Å²) in [6.45, 7) is 2.38. The molecule has 0 spiro atoms. The summed E-state index contributed by atoms with van der Waals surface area (Å²) < 4.78 is 13.9. The van der Waals surface area contributed by atoms with Crippen LogP contribution in [0.2, 0.25) is 0 Å². The molecule has 112 valence electrons. The molecule has 21 heavy (non-hydrogen) atoms. The fourth-order valence-electron chi connectivity index (χ4n) is 2.74. The van der Waals surface area contributed by atoms with E-state index in [1.54, 1.807) is 6.07 Å². The van der Waals surface area contributed by atoms with E-state index in [0.717, 1.165) is 19.3 Å². The summed E-state index contributed by atoms with van der Waals surface area (Å²) in [5, 5.41) is 2.99. The van der Waals surface area contributed by atoms with Crippen molar-refractivity contribution in [3.8, 4) is 11.8 Å². The molecule has 1 fully saturated rings. The van der Waals surface area contributed by atoms with Crippen molar-refractivity contribution in [1.29, 1.82) is 0 Å². The predicted molar refractivity (Wildman–Crippen MR) is 81.2 cm³/mol. The Labute approximate surface area is 125 Å². The Morgan fingerprint density at radius 3 is 2.95 bits per heavy atom. The number of nitrogens with one attached hydrogen (secondary N) is 1. The zero-order valence-corrected chi connectivity index (χ0v) is 12.3. The molecule has 3 nitrogen and oxygen atoms in total. The third-order valence-corrected chi connectivity index (χ3v) is 3.83. The van der Waals surface area contributed by atoms with E-state index in [2.05, 4.69) is 24.1 Å². The van der Waals surface area contributed by atoms with Crippen molar-refractivity contribution in [3.05, 3.63) is 35.1 Å². The molecule has 1 aromatic carbocycles. The quantitative estimate of drug-likeness (QED) is 0.821. The number of nitrogens with two attached hydrogens (primary N) is 1. The molecule has 1 amide bonds. The molecular formula is C17H21FN2O. The molecule has 0 bridgehead atoms. The van der Waals surface area contributed by atoms with Crippen LogP contribution in [0.1, 0.15) is 48.5 Å². The van der Waals surface area contributed by atoms with Crippen LogP contribution in [0.3, 0.4) is 0 Å². The first kappa shape index (κ1) is 15.5. The van der Waals surface area contributed by atoms with Gasteiger partial charge in [-0.05, 0) is 37.0 Å². The minimum atomic E-state index is -0.486. The highest BCUT2D eigenvalue weighted by Crippen LogP contribution is 2.23. The molecular weight excluding hydrogens is 267 g/mol. The minimum absolute atomic E-state index is 0.182. The van der Waals surface area contributed by atoms with Crippen LogP contribution in [-0.2, 0) is 0 Å². The summed E-state index contributed by atoms with van der Waals surface area (Å²) in [7, 11) is 0. The Morgan fingerprint density at radius 1 is 1.48 bits per heavy atom. The number of hydrogen-bond acceptors (Lipinski definition) is 2. The van der Waals surface area contributed by atoms with Gasteiger partial charge in [-0.15, -0.1) is 0 Å². The van der Waals surface area contributed by atoms with Crippen LogP contribution in [0.25, 0.3) is 0 Å². The number of halogens is 1. The van der Waals surface area contributed by atoms with E-state index in [-0.39, 0.29) is 24.1 Å². The monoisotopic (exact) mass is 288 g/mol. The average Bonchev–Trinajstić information content (AvgIpc) is 2.46. The van der Waals surface area contributed by atoms with Gasteiger partial charge in [-0.2, -0.15) is 0 Å². The van der Waals surface area contributed by atoms with Crippen LogP contribution in [-0.4, -0.2) is 18.5 Å². The lowest BCUT2D eigenvalue weighted by Crippen LogP contribution is -2.38. The Balaban J connectivity index is 2.04. The number of rotatable bonds is 2. The topological polar surface area (TPSA) is 55.1 Å². The lowest BCUT2D eigenvalue weighted by Gasteiger charge is -2.27. The van der Waals surface area contributed by atoms with E-state index in [9.17, 15) is 9.18 Å². The molecule has 2 rings (SSSR count). The maximum Gasteiger partial charge on any atom is 0.251 e. The van der Waals surface area contributed by atoms with Crippen molar-refractivity contribution >= 4 is 5.91 Å². The molecule has 0 aliphatic heterocycles. The van der Waals surface area contributed by atoms with E-state index in [1.165, 1.54) is 18.6 Å². The van der Waals surface area contributed by atoms with Gasteiger partial charge in [0.15, 0.2) is 0 Å². The first-order valence-corrected chi connectivity index (χ1v) is 7.39. The molecule has 0 heterocycles. The molecule has 0 aromatic heterocycles. The Morgan fingerprint density at radius 2 is 2.29 bits per heavy atom. The van der Waals surface area contributed by atoms with Crippen LogP contribution in [0, 0.1) is 23.6 Å². The summed E-state index contributed by atoms with van der Waals surface area (Å²) >= 11 is 0. The summed E-state index contributed by atoms with van der Waals surface area (Å²) in [6.07, 6.45) is 4.34. The van der Waals surface area contributed by atoms with Crippen molar-refractivity contribution in [1.82, 2.24) is 5.32 Å². The van der Waals surface area contributed by atoms with Gasteiger partial charge in [-0.1, -0.05) is 31.6 Å². The van der Waals surface area contributed by atoms with Crippen molar-refractivity contribution < 1.29 is 9.18 Å². The fraction of sp³-hybridized carbons (Fsp3) is 0.471. The van der Waals surface area contributed by atoms with Crippen molar-refractivity contribution in [2.24, 2.45) is 11.7 Å². The molecule has 3 N–H and O–H groups in total. The smallest absolute Gasteiger partial charge is 0.251 e. The fourth-order valence-corrected chi connectivity index (χ4v) is 2.74. The third kappa shape index (κ3) is 4.30. The molecule has 1 saturated carbocycles. The standard InChI is InChI=1S/C17H21FN2O/c1-12-4-2-6-15(10-12)20-17(21)14-8-7-13(5-3-9-19)16(18)11-14/h7-8,11-12,15H,2,4,6,9-10,19H2,1H3,(H,20,21). The van der Waals surface area contributed by atoms with Gasteiger partial charge < -0.3 is 11.1 Å². The van der Waals surface area contributed by atoms with E-state index in [1.807, 2.05) is 0 Å². The normalized spacial score (nSPS) is 21.3. The van der Waals surface area contributed by atoms with Crippen molar-refractivity contribution in [2.45, 2.75) is 38.6 Å². The molecule has 4 heteroatoms. The second-order valence-electron chi connectivity index (χ2n) is 5.64. The molecule has 2 atom stereocenters. The van der Waals surface area contributed by atoms with Gasteiger partial charge in [0.1, 0.15) is 5.82 Å². The van der Waals surface area contributed by atoms with Crippen molar-refractivity contribution in [3.63, 3.8) is 0 Å². The van der Waals surface area contributed by atoms with Crippen molar-refractivity contribution in [2.75, 3.05) is 6.54 Å². The van der Waals surface area contributed by atoms with Gasteiger partial charge in [-0.3, -0.25) is 4.79 Å². The molecule has 1 aliphatic rings. The van der Waals surface area contributed by atoms with Crippen LogP contribution in [0.4, 0.5) is 4.39 Å². The zero-order chi connectivity index (χ0) is 15.2. The number of amides is 1. The van der Waals surface area contributed by atoms with Gasteiger partial charge in [0.25, 0.3) is 5.91 Å². The first-order valence-electron chi connectivity index (χ1n) is 7.39. The summed E-state index contributed by atoms with van der Waals surface area (Å²) in [4.78, 5) is 12.2. The highest BCUT2D eigenvalue weighted by atomic mass is 19.1. The van der Waals surface area contributed by atoms with E-state index in [4.69, 9.17) is 5.73 Å². The van der Waals surface area contributed by atoms with Crippen LogP contribution in [0.15, 0.2) is 18.2 Å². The molecule has 0 radical (unpaired) electrons. The Kier molecular flexibility index (Phi) is 5.35. The average molecular weight is 288 g/mol. The summed E-state index contributed by atoms with van der Waals surface area (Å²) in [5.74, 6) is 5.18. The second kappa shape index (κ2) is 7.24. The predicted octanol–water partition coefficient (Wildman–Crippen LogP) is 2.44. The van der Waals surface area contributed by atoms with E-state index in [0.29, 0.717) is 11.5 Å².